The van der Waals surface area contributed by atoms with Crippen molar-refractivity contribution in [2.45, 2.75) is 19.8 Å². The van der Waals surface area contributed by atoms with Crippen LogP contribution in [0, 0.1) is 6.92 Å². The van der Waals surface area contributed by atoms with E-state index < -0.39 is 0 Å². The average Bonchev–Trinajstić information content (AvgIpc) is 3.17. The lowest BCUT2D eigenvalue weighted by molar-refractivity contribution is 0.102. The SMILES string of the molecule is Cc1ccc(CCc2ccc3occc3c2)cc1NC(=O)c1ccccc1. The Balaban J connectivity index is 1.47. The lowest BCUT2D eigenvalue weighted by Crippen LogP contribution is -2.12. The second kappa shape index (κ2) is 7.50. The number of benzene rings is 3. The van der Waals surface area contributed by atoms with Crippen LogP contribution in [0.5, 0.6) is 0 Å². The number of carbonyl (C=O) groups excluding carboxylic acids is 1. The molecule has 1 amide bonds. The van der Waals surface area contributed by atoms with Crippen molar-refractivity contribution in [3.63, 3.8) is 0 Å². The summed E-state index contributed by atoms with van der Waals surface area (Å²) >= 11 is 0. The smallest absolute Gasteiger partial charge is 0.255 e. The van der Waals surface area contributed by atoms with Gasteiger partial charge in [0.25, 0.3) is 5.91 Å². The second-order valence-electron chi connectivity index (χ2n) is 6.76. The van der Waals surface area contributed by atoms with E-state index in [2.05, 4.69) is 35.6 Å². The normalized spacial score (nSPS) is 10.9. The van der Waals surface area contributed by atoms with Gasteiger partial charge in [-0.1, -0.05) is 36.4 Å². The summed E-state index contributed by atoms with van der Waals surface area (Å²) in [6.45, 7) is 2.01. The molecule has 0 radical (unpaired) electrons. The monoisotopic (exact) mass is 355 g/mol. The van der Waals surface area contributed by atoms with Gasteiger partial charge in [0, 0.05) is 16.6 Å². The molecule has 1 aromatic heterocycles. The number of hydrogen-bond donors (Lipinski definition) is 1. The molecule has 134 valence electrons. The summed E-state index contributed by atoms with van der Waals surface area (Å²) in [6.07, 6.45) is 3.57. The number of rotatable bonds is 5. The largest absolute Gasteiger partial charge is 0.464 e. The van der Waals surface area contributed by atoms with Crippen LogP contribution in [0.15, 0.2) is 83.5 Å². The van der Waals surface area contributed by atoms with E-state index in [-0.39, 0.29) is 5.91 Å². The molecular weight excluding hydrogens is 334 g/mol. The predicted molar refractivity (Wildman–Crippen MR) is 109 cm³/mol. The van der Waals surface area contributed by atoms with Crippen molar-refractivity contribution in [2.75, 3.05) is 5.32 Å². The Morgan fingerprint density at radius 3 is 2.44 bits per heavy atom. The molecule has 0 spiro atoms. The lowest BCUT2D eigenvalue weighted by atomic mass is 10.0. The average molecular weight is 355 g/mol. The fourth-order valence-corrected chi connectivity index (χ4v) is 3.20. The molecule has 0 aliphatic carbocycles. The Bertz CT molecular complexity index is 1080. The summed E-state index contributed by atoms with van der Waals surface area (Å²) in [7, 11) is 0. The fourth-order valence-electron chi connectivity index (χ4n) is 3.20. The van der Waals surface area contributed by atoms with Gasteiger partial charge in [-0.05, 0) is 72.9 Å². The number of amides is 1. The van der Waals surface area contributed by atoms with Crippen LogP contribution in [-0.2, 0) is 12.8 Å². The van der Waals surface area contributed by atoms with E-state index in [1.54, 1.807) is 6.26 Å². The maximum absolute atomic E-state index is 12.4. The zero-order chi connectivity index (χ0) is 18.6. The molecule has 0 fully saturated rings. The first kappa shape index (κ1) is 17.1. The van der Waals surface area contributed by atoms with Crippen molar-refractivity contribution in [3.8, 4) is 0 Å². The molecule has 1 heterocycles. The zero-order valence-electron chi connectivity index (χ0n) is 15.2. The summed E-state index contributed by atoms with van der Waals surface area (Å²) < 4.78 is 5.40. The fraction of sp³-hybridized carbons (Fsp3) is 0.125. The topological polar surface area (TPSA) is 42.2 Å². The Kier molecular flexibility index (Phi) is 4.75. The number of hydrogen-bond acceptors (Lipinski definition) is 2. The first-order valence-electron chi connectivity index (χ1n) is 9.11. The molecule has 0 aliphatic heterocycles. The molecule has 0 aliphatic rings. The molecule has 3 aromatic carbocycles. The Hall–Kier alpha value is -3.33. The van der Waals surface area contributed by atoms with Crippen LogP contribution >= 0.6 is 0 Å². The maximum atomic E-state index is 12.4. The van der Waals surface area contributed by atoms with Crippen molar-refractivity contribution in [1.82, 2.24) is 0 Å². The molecule has 4 rings (SSSR count). The molecule has 0 saturated heterocycles. The van der Waals surface area contributed by atoms with E-state index in [0.29, 0.717) is 5.56 Å². The van der Waals surface area contributed by atoms with E-state index in [9.17, 15) is 4.79 Å². The maximum Gasteiger partial charge on any atom is 0.255 e. The van der Waals surface area contributed by atoms with Gasteiger partial charge in [0.1, 0.15) is 5.58 Å². The third-order valence-corrected chi connectivity index (χ3v) is 4.81. The highest BCUT2D eigenvalue weighted by atomic mass is 16.3. The van der Waals surface area contributed by atoms with Crippen LogP contribution in [0.4, 0.5) is 5.69 Å². The highest BCUT2D eigenvalue weighted by Gasteiger charge is 2.08. The van der Waals surface area contributed by atoms with Gasteiger partial charge in [-0.25, -0.2) is 0 Å². The summed E-state index contributed by atoms with van der Waals surface area (Å²) in [6, 6.07) is 23.8. The minimum atomic E-state index is -0.0822. The van der Waals surface area contributed by atoms with Gasteiger partial charge in [0.2, 0.25) is 0 Å². The van der Waals surface area contributed by atoms with Crippen LogP contribution in [0.2, 0.25) is 0 Å². The van der Waals surface area contributed by atoms with Gasteiger partial charge < -0.3 is 9.73 Å². The molecular formula is C24H21NO2. The Morgan fingerprint density at radius 1 is 0.889 bits per heavy atom. The first-order valence-corrected chi connectivity index (χ1v) is 9.11. The molecule has 3 heteroatoms. The van der Waals surface area contributed by atoms with Gasteiger partial charge >= 0.3 is 0 Å². The Morgan fingerprint density at radius 2 is 1.63 bits per heavy atom. The van der Waals surface area contributed by atoms with Gasteiger partial charge in [-0.3, -0.25) is 4.79 Å². The highest BCUT2D eigenvalue weighted by molar-refractivity contribution is 6.04. The minimum absolute atomic E-state index is 0.0822. The summed E-state index contributed by atoms with van der Waals surface area (Å²) in [4.78, 5) is 12.4. The van der Waals surface area contributed by atoms with E-state index in [1.165, 1.54) is 11.1 Å². The highest BCUT2D eigenvalue weighted by Crippen LogP contribution is 2.21. The number of furan rings is 1. The van der Waals surface area contributed by atoms with Gasteiger partial charge in [-0.15, -0.1) is 0 Å². The van der Waals surface area contributed by atoms with Crippen LogP contribution in [0.3, 0.4) is 0 Å². The van der Waals surface area contributed by atoms with Crippen LogP contribution in [-0.4, -0.2) is 5.91 Å². The predicted octanol–water partition coefficient (Wildman–Crippen LogP) is 5.78. The minimum Gasteiger partial charge on any atom is -0.464 e. The molecule has 1 N–H and O–H groups in total. The van der Waals surface area contributed by atoms with E-state index in [1.807, 2.05) is 49.4 Å². The van der Waals surface area contributed by atoms with Gasteiger partial charge in [-0.2, -0.15) is 0 Å². The Labute approximate surface area is 158 Å². The van der Waals surface area contributed by atoms with Crippen molar-refractivity contribution in [3.05, 3.63) is 101 Å². The van der Waals surface area contributed by atoms with Crippen LogP contribution in [0.1, 0.15) is 27.0 Å². The van der Waals surface area contributed by atoms with Gasteiger partial charge in [0.15, 0.2) is 0 Å². The molecule has 0 atom stereocenters. The van der Waals surface area contributed by atoms with Crippen molar-refractivity contribution >= 4 is 22.6 Å². The van der Waals surface area contributed by atoms with Crippen LogP contribution < -0.4 is 5.32 Å². The number of aryl methyl sites for hydroxylation is 3. The number of carbonyl (C=O) groups is 1. The quantitative estimate of drug-likeness (QED) is 0.493. The summed E-state index contributed by atoms with van der Waals surface area (Å²) in [5.74, 6) is -0.0822. The molecule has 0 saturated carbocycles. The molecule has 3 nitrogen and oxygen atoms in total. The van der Waals surface area contributed by atoms with E-state index in [4.69, 9.17) is 4.42 Å². The number of nitrogens with one attached hydrogen (secondary N) is 1. The first-order chi connectivity index (χ1) is 13.2. The number of fused-ring (bicyclic) bond motifs is 1. The summed E-state index contributed by atoms with van der Waals surface area (Å²) in [5, 5.41) is 4.17. The molecule has 0 unspecified atom stereocenters. The third-order valence-electron chi connectivity index (χ3n) is 4.81. The second-order valence-corrected chi connectivity index (χ2v) is 6.76. The van der Waals surface area contributed by atoms with Crippen molar-refractivity contribution in [1.29, 1.82) is 0 Å². The van der Waals surface area contributed by atoms with Crippen molar-refractivity contribution < 1.29 is 9.21 Å². The molecule has 4 aromatic rings. The standard InChI is InChI=1S/C24H21NO2/c1-17-7-8-19(10-9-18-11-12-23-21(15-18)13-14-27-23)16-22(17)25-24(26)20-5-3-2-4-6-20/h2-8,11-16H,9-10H2,1H3,(H,25,26). The van der Waals surface area contributed by atoms with E-state index >= 15 is 0 Å². The number of anilines is 1. The van der Waals surface area contributed by atoms with Crippen LogP contribution in [0.25, 0.3) is 11.0 Å². The lowest BCUT2D eigenvalue weighted by Gasteiger charge is -2.11. The molecule has 0 bridgehead atoms. The molecule has 27 heavy (non-hydrogen) atoms. The van der Waals surface area contributed by atoms with Crippen molar-refractivity contribution in [2.24, 2.45) is 0 Å². The van der Waals surface area contributed by atoms with Gasteiger partial charge in [0.05, 0.1) is 6.26 Å². The summed E-state index contributed by atoms with van der Waals surface area (Å²) in [5.41, 5.74) is 5.99. The zero-order valence-corrected chi connectivity index (χ0v) is 15.2. The third kappa shape index (κ3) is 3.93. The van der Waals surface area contributed by atoms with E-state index in [0.717, 1.165) is 35.1 Å².